The SMILES string of the molecule is CN1C(=O)CN(S(=O)(=O)c2ccc3c(c2)OCCO3)c2ccccc21. The number of hydrogen-bond donors (Lipinski definition) is 0. The quantitative estimate of drug-likeness (QED) is 0.814. The van der Waals surface area contributed by atoms with E-state index in [1.54, 1.807) is 37.4 Å². The third-order valence-corrected chi connectivity index (χ3v) is 6.02. The minimum atomic E-state index is -3.91. The van der Waals surface area contributed by atoms with Gasteiger partial charge in [-0.25, -0.2) is 8.42 Å². The molecule has 0 atom stereocenters. The van der Waals surface area contributed by atoms with E-state index in [4.69, 9.17) is 9.47 Å². The Bertz CT molecular complexity index is 957. The summed E-state index contributed by atoms with van der Waals surface area (Å²) in [6.45, 7) is 0.552. The second-order valence-electron chi connectivity index (χ2n) is 5.76. The molecule has 7 nitrogen and oxygen atoms in total. The zero-order chi connectivity index (χ0) is 17.6. The van der Waals surface area contributed by atoms with Crippen LogP contribution in [0.4, 0.5) is 11.4 Å². The van der Waals surface area contributed by atoms with E-state index >= 15 is 0 Å². The number of para-hydroxylation sites is 2. The maximum atomic E-state index is 13.1. The first-order chi connectivity index (χ1) is 12.0. The van der Waals surface area contributed by atoms with E-state index in [9.17, 15) is 13.2 Å². The molecule has 2 aliphatic rings. The zero-order valence-electron chi connectivity index (χ0n) is 13.5. The predicted octanol–water partition coefficient (Wildman–Crippen LogP) is 1.63. The van der Waals surface area contributed by atoms with Crippen LogP contribution in [0.5, 0.6) is 11.5 Å². The van der Waals surface area contributed by atoms with Gasteiger partial charge in [-0.05, 0) is 24.3 Å². The van der Waals surface area contributed by atoms with Crippen LogP contribution in [0.1, 0.15) is 0 Å². The van der Waals surface area contributed by atoms with Gasteiger partial charge in [0.2, 0.25) is 5.91 Å². The Balaban J connectivity index is 1.81. The van der Waals surface area contributed by atoms with Gasteiger partial charge >= 0.3 is 0 Å². The van der Waals surface area contributed by atoms with Crippen molar-refractivity contribution < 1.29 is 22.7 Å². The van der Waals surface area contributed by atoms with E-state index in [2.05, 4.69) is 0 Å². The normalized spacial score (nSPS) is 16.6. The maximum absolute atomic E-state index is 13.1. The second-order valence-corrected chi connectivity index (χ2v) is 7.62. The molecule has 2 heterocycles. The molecule has 4 rings (SSSR count). The largest absolute Gasteiger partial charge is 0.486 e. The van der Waals surface area contributed by atoms with Gasteiger partial charge in [0.15, 0.2) is 11.5 Å². The summed E-state index contributed by atoms with van der Waals surface area (Å²) >= 11 is 0. The van der Waals surface area contributed by atoms with Crippen LogP contribution in [0.2, 0.25) is 0 Å². The van der Waals surface area contributed by atoms with Crippen molar-refractivity contribution in [2.75, 3.05) is 36.0 Å². The van der Waals surface area contributed by atoms with E-state index in [1.165, 1.54) is 17.0 Å². The summed E-state index contributed by atoms with van der Waals surface area (Å²) in [5.41, 5.74) is 1.03. The first-order valence-electron chi connectivity index (χ1n) is 7.76. The molecule has 0 bridgehead atoms. The van der Waals surface area contributed by atoms with Crippen LogP contribution in [-0.2, 0) is 14.8 Å². The average molecular weight is 360 g/mol. The first-order valence-corrected chi connectivity index (χ1v) is 9.20. The number of anilines is 2. The lowest BCUT2D eigenvalue weighted by molar-refractivity contribution is -0.117. The Morgan fingerprint density at radius 2 is 1.64 bits per heavy atom. The number of hydrogen-bond acceptors (Lipinski definition) is 5. The Morgan fingerprint density at radius 3 is 2.40 bits per heavy atom. The van der Waals surface area contributed by atoms with Gasteiger partial charge in [0.25, 0.3) is 10.0 Å². The fourth-order valence-corrected chi connectivity index (χ4v) is 4.38. The maximum Gasteiger partial charge on any atom is 0.265 e. The van der Waals surface area contributed by atoms with E-state index in [0.717, 1.165) is 4.31 Å². The predicted molar refractivity (Wildman–Crippen MR) is 91.8 cm³/mol. The molecule has 2 aromatic carbocycles. The van der Waals surface area contributed by atoms with Gasteiger partial charge in [0, 0.05) is 13.1 Å². The van der Waals surface area contributed by atoms with Crippen molar-refractivity contribution >= 4 is 27.3 Å². The molecule has 0 saturated carbocycles. The Morgan fingerprint density at radius 1 is 0.960 bits per heavy atom. The number of fused-ring (bicyclic) bond motifs is 2. The molecule has 0 N–H and O–H groups in total. The molecule has 0 aromatic heterocycles. The summed E-state index contributed by atoms with van der Waals surface area (Å²) in [5.74, 6) is 0.612. The summed E-state index contributed by atoms with van der Waals surface area (Å²) < 4.78 is 38.3. The molecule has 130 valence electrons. The van der Waals surface area contributed by atoms with E-state index in [-0.39, 0.29) is 17.3 Å². The van der Waals surface area contributed by atoms with Gasteiger partial charge in [-0.3, -0.25) is 9.10 Å². The number of benzene rings is 2. The molecule has 8 heteroatoms. The van der Waals surface area contributed by atoms with Gasteiger partial charge < -0.3 is 14.4 Å². The summed E-state index contributed by atoms with van der Waals surface area (Å²) in [6, 6.07) is 11.4. The van der Waals surface area contributed by atoms with E-state index < -0.39 is 10.0 Å². The highest BCUT2D eigenvalue weighted by Gasteiger charge is 2.35. The summed E-state index contributed by atoms with van der Waals surface area (Å²) in [7, 11) is -2.28. The summed E-state index contributed by atoms with van der Waals surface area (Å²) in [4.78, 5) is 13.8. The van der Waals surface area contributed by atoms with Gasteiger partial charge in [0.05, 0.1) is 16.3 Å². The fourth-order valence-electron chi connectivity index (χ4n) is 2.93. The third kappa shape index (κ3) is 2.49. The monoisotopic (exact) mass is 360 g/mol. The molecule has 0 aliphatic carbocycles. The van der Waals surface area contributed by atoms with Crippen molar-refractivity contribution in [1.29, 1.82) is 0 Å². The number of rotatable bonds is 2. The van der Waals surface area contributed by atoms with Crippen LogP contribution in [-0.4, -0.2) is 41.1 Å². The van der Waals surface area contributed by atoms with Crippen LogP contribution in [0.3, 0.4) is 0 Å². The molecule has 0 radical (unpaired) electrons. The molecule has 2 aromatic rings. The fraction of sp³-hybridized carbons (Fsp3) is 0.235. The smallest absolute Gasteiger partial charge is 0.265 e. The standard InChI is InChI=1S/C17H16N2O5S/c1-18-13-4-2-3-5-14(13)19(11-17(18)20)25(21,22)12-6-7-15-16(10-12)24-9-8-23-15/h2-7,10H,8-9,11H2,1H3. The highest BCUT2D eigenvalue weighted by molar-refractivity contribution is 7.92. The molecule has 25 heavy (non-hydrogen) atoms. The van der Waals surface area contributed by atoms with Crippen molar-refractivity contribution in [2.24, 2.45) is 0 Å². The lowest BCUT2D eigenvalue weighted by Crippen LogP contribution is -2.46. The zero-order valence-corrected chi connectivity index (χ0v) is 14.3. The van der Waals surface area contributed by atoms with Crippen molar-refractivity contribution in [3.05, 3.63) is 42.5 Å². The Labute approximate surface area is 145 Å². The average Bonchev–Trinajstić information content (AvgIpc) is 2.64. The lowest BCUT2D eigenvalue weighted by atomic mass is 10.2. The van der Waals surface area contributed by atoms with Gasteiger partial charge in [-0.15, -0.1) is 0 Å². The number of carbonyl (C=O) groups excluding carboxylic acids is 1. The molecular formula is C17H16N2O5S. The molecule has 0 saturated heterocycles. The van der Waals surface area contributed by atoms with E-state index in [1.807, 2.05) is 0 Å². The number of ether oxygens (including phenoxy) is 2. The minimum Gasteiger partial charge on any atom is -0.486 e. The van der Waals surface area contributed by atoms with Crippen LogP contribution in [0.25, 0.3) is 0 Å². The molecular weight excluding hydrogens is 344 g/mol. The van der Waals surface area contributed by atoms with Gasteiger partial charge in [-0.2, -0.15) is 0 Å². The number of sulfonamides is 1. The Kier molecular flexibility index (Phi) is 3.57. The third-order valence-electron chi connectivity index (χ3n) is 4.27. The highest BCUT2D eigenvalue weighted by atomic mass is 32.2. The first kappa shape index (κ1) is 15.8. The van der Waals surface area contributed by atoms with Crippen LogP contribution >= 0.6 is 0 Å². The van der Waals surface area contributed by atoms with Crippen molar-refractivity contribution in [3.63, 3.8) is 0 Å². The van der Waals surface area contributed by atoms with E-state index in [0.29, 0.717) is 36.1 Å². The van der Waals surface area contributed by atoms with Crippen LogP contribution in [0, 0.1) is 0 Å². The molecule has 0 unspecified atom stereocenters. The highest BCUT2D eigenvalue weighted by Crippen LogP contribution is 2.38. The molecule has 1 amide bonds. The lowest BCUT2D eigenvalue weighted by Gasteiger charge is -2.34. The number of carbonyl (C=O) groups is 1. The van der Waals surface area contributed by atoms with Crippen molar-refractivity contribution in [3.8, 4) is 11.5 Å². The number of amides is 1. The Hall–Kier alpha value is -2.74. The van der Waals surface area contributed by atoms with Crippen molar-refractivity contribution in [2.45, 2.75) is 4.90 Å². The van der Waals surface area contributed by atoms with Gasteiger partial charge in [0.1, 0.15) is 19.8 Å². The molecule has 2 aliphatic heterocycles. The van der Waals surface area contributed by atoms with Gasteiger partial charge in [-0.1, -0.05) is 12.1 Å². The summed E-state index contributed by atoms with van der Waals surface area (Å²) in [5, 5.41) is 0. The van der Waals surface area contributed by atoms with Crippen LogP contribution < -0.4 is 18.7 Å². The summed E-state index contributed by atoms with van der Waals surface area (Å²) in [6.07, 6.45) is 0. The van der Waals surface area contributed by atoms with Crippen LogP contribution in [0.15, 0.2) is 47.4 Å². The molecule has 0 fully saturated rings. The minimum absolute atomic E-state index is 0.0592. The topological polar surface area (TPSA) is 76.2 Å². The second kappa shape index (κ2) is 5.66. The number of nitrogens with zero attached hydrogens (tertiary/aromatic N) is 2. The van der Waals surface area contributed by atoms with Crippen molar-refractivity contribution in [1.82, 2.24) is 0 Å². The molecule has 0 spiro atoms. The number of likely N-dealkylation sites (N-methyl/N-ethyl adjacent to an activating group) is 1.